The highest BCUT2D eigenvalue weighted by Gasteiger charge is 1.85. The molecule has 9 heavy (non-hydrogen) atoms. The number of aliphatic hydroxyl groups is 2. The Bertz CT molecular complexity index is 47.1. The van der Waals surface area contributed by atoms with Gasteiger partial charge in [0.1, 0.15) is 0 Å². The van der Waals surface area contributed by atoms with Gasteiger partial charge in [-0.2, -0.15) is 0 Å². The van der Waals surface area contributed by atoms with Crippen molar-refractivity contribution in [2.24, 2.45) is 0 Å². The van der Waals surface area contributed by atoms with Crippen molar-refractivity contribution in [2.45, 2.75) is 0 Å². The second-order valence-corrected chi connectivity index (χ2v) is 2.91. The number of thioether (sulfide) groups is 2. The molecule has 0 aromatic carbocycles. The number of aliphatic hydroxyl groups excluding tert-OH is 2. The quantitative estimate of drug-likeness (QED) is 0.443. The fourth-order valence-corrected chi connectivity index (χ4v) is 0.883. The first kappa shape index (κ1) is 9.58. The summed E-state index contributed by atoms with van der Waals surface area (Å²) in [5, 5.41) is 16.5. The molecule has 0 radical (unpaired) electrons. The maximum Gasteiger partial charge on any atom is 0.0954 e. The molecule has 0 bridgehead atoms. The minimum Gasteiger partial charge on any atom is -0.386 e. The third-order valence-corrected chi connectivity index (χ3v) is 1.55. The summed E-state index contributed by atoms with van der Waals surface area (Å²) in [6, 6.07) is 0. The van der Waals surface area contributed by atoms with E-state index in [1.165, 1.54) is 23.5 Å². The fourth-order valence-electron chi connectivity index (χ4n) is 0.226. The lowest BCUT2D eigenvalue weighted by molar-refractivity contribution is 0.236. The second-order valence-electron chi connectivity index (χ2n) is 1.11. The van der Waals surface area contributed by atoms with Gasteiger partial charge in [0.05, 0.1) is 23.8 Å². The zero-order valence-electron chi connectivity index (χ0n) is 4.95. The van der Waals surface area contributed by atoms with Crippen LogP contribution < -0.4 is 0 Å². The van der Waals surface area contributed by atoms with Gasteiger partial charge in [0.15, 0.2) is 0 Å². The average Bonchev–Trinajstić information content (AvgIpc) is 1.89. The monoisotopic (exact) mass is 170 g/mol. The van der Waals surface area contributed by atoms with E-state index in [1.807, 2.05) is 0 Å². The zero-order chi connectivity index (χ0) is 6.95. The van der Waals surface area contributed by atoms with Gasteiger partial charge in [-0.05, 0) is 0 Å². The predicted molar refractivity (Wildman–Crippen MR) is 40.2 cm³/mol. The average molecular weight is 170 g/mol. The molecule has 56 valence electrons. The van der Waals surface area contributed by atoms with Gasteiger partial charge in [-0.15, -0.1) is 23.5 Å². The van der Waals surface area contributed by atoms with Crippen LogP contribution in [0, 0.1) is 0 Å². The topological polar surface area (TPSA) is 49.7 Å². The van der Waals surface area contributed by atoms with Crippen LogP contribution in [0.15, 0.2) is 0 Å². The molecule has 0 spiro atoms. The van der Waals surface area contributed by atoms with E-state index in [4.69, 9.17) is 14.9 Å². The first-order valence-corrected chi connectivity index (χ1v) is 4.67. The van der Waals surface area contributed by atoms with Crippen LogP contribution >= 0.6 is 23.5 Å². The number of hydrogen-bond donors (Lipinski definition) is 2. The van der Waals surface area contributed by atoms with E-state index in [0.29, 0.717) is 11.9 Å². The van der Waals surface area contributed by atoms with Crippen LogP contribution in [-0.2, 0) is 4.74 Å². The molecule has 0 saturated carbocycles. The molecular weight excluding hydrogens is 160 g/mol. The summed E-state index contributed by atoms with van der Waals surface area (Å²) in [7, 11) is 0. The van der Waals surface area contributed by atoms with Gasteiger partial charge in [0.2, 0.25) is 0 Å². The molecule has 0 amide bonds. The highest BCUT2D eigenvalue weighted by atomic mass is 32.2. The molecule has 0 saturated heterocycles. The van der Waals surface area contributed by atoms with Crippen LogP contribution in [0.5, 0.6) is 0 Å². The van der Waals surface area contributed by atoms with Crippen LogP contribution in [0.25, 0.3) is 0 Å². The predicted octanol–water partition coefficient (Wildman–Crippen LogP) is 0.284. The van der Waals surface area contributed by atoms with E-state index in [2.05, 4.69) is 0 Å². The smallest absolute Gasteiger partial charge is 0.0954 e. The van der Waals surface area contributed by atoms with E-state index < -0.39 is 0 Å². The van der Waals surface area contributed by atoms with Crippen molar-refractivity contribution < 1.29 is 14.9 Å². The van der Waals surface area contributed by atoms with Gasteiger partial charge in [0.25, 0.3) is 0 Å². The lowest BCUT2D eigenvalue weighted by Crippen LogP contribution is -1.90. The minimum atomic E-state index is 0.0871. The van der Waals surface area contributed by atoms with Gasteiger partial charge < -0.3 is 14.9 Å². The molecule has 5 heteroatoms. The number of rotatable bonds is 6. The molecule has 0 rings (SSSR count). The Kier molecular flexibility index (Phi) is 9.13. The van der Waals surface area contributed by atoms with Crippen LogP contribution in [0.1, 0.15) is 0 Å². The van der Waals surface area contributed by atoms with Gasteiger partial charge in [0, 0.05) is 0 Å². The molecule has 3 nitrogen and oxygen atoms in total. The molecule has 0 aliphatic carbocycles. The van der Waals surface area contributed by atoms with Crippen molar-refractivity contribution in [1.82, 2.24) is 0 Å². The standard InChI is InChI=1S/C4H10O3S2/c5-1-8-3-7-4-9-2-6/h5-6H,1-4H2. The van der Waals surface area contributed by atoms with E-state index in [9.17, 15) is 0 Å². The molecule has 0 unspecified atom stereocenters. The summed E-state index contributed by atoms with van der Waals surface area (Å²) in [5.74, 6) is 1.15. The SMILES string of the molecule is OCSCOCSCO. The van der Waals surface area contributed by atoms with Gasteiger partial charge >= 0.3 is 0 Å². The molecule has 0 aliphatic rings. The van der Waals surface area contributed by atoms with Crippen molar-refractivity contribution in [3.63, 3.8) is 0 Å². The van der Waals surface area contributed by atoms with Crippen LogP contribution in [0.3, 0.4) is 0 Å². The van der Waals surface area contributed by atoms with Crippen LogP contribution in [0.4, 0.5) is 0 Å². The minimum absolute atomic E-state index is 0.0871. The Hall–Kier alpha value is 0.580. The Morgan fingerprint density at radius 1 is 1.00 bits per heavy atom. The molecule has 2 N–H and O–H groups in total. The Morgan fingerprint density at radius 3 is 1.78 bits per heavy atom. The van der Waals surface area contributed by atoms with Gasteiger partial charge in [-0.25, -0.2) is 0 Å². The Labute approximate surface area is 62.8 Å². The molecule has 0 fully saturated rings. The Balaban J connectivity index is 2.60. The number of ether oxygens (including phenoxy) is 1. The van der Waals surface area contributed by atoms with Crippen molar-refractivity contribution in [3.8, 4) is 0 Å². The summed E-state index contributed by atoms with van der Waals surface area (Å²) >= 11 is 2.59. The summed E-state index contributed by atoms with van der Waals surface area (Å²) in [5.41, 5.74) is 0. The van der Waals surface area contributed by atoms with Crippen molar-refractivity contribution >= 4 is 23.5 Å². The second kappa shape index (κ2) is 8.58. The van der Waals surface area contributed by atoms with Crippen molar-refractivity contribution in [3.05, 3.63) is 0 Å². The summed E-state index contributed by atoms with van der Waals surface area (Å²) in [4.78, 5) is 0. The first-order valence-electron chi connectivity index (χ1n) is 2.36. The highest BCUT2D eigenvalue weighted by molar-refractivity contribution is 7.99. The van der Waals surface area contributed by atoms with E-state index >= 15 is 0 Å². The van der Waals surface area contributed by atoms with Crippen LogP contribution in [0.2, 0.25) is 0 Å². The lowest BCUT2D eigenvalue weighted by atomic mass is 11.5. The van der Waals surface area contributed by atoms with Crippen molar-refractivity contribution in [2.75, 3.05) is 23.8 Å². The fraction of sp³-hybridized carbons (Fsp3) is 1.00. The Morgan fingerprint density at radius 2 is 1.44 bits per heavy atom. The summed E-state index contributed by atoms with van der Waals surface area (Å²) in [6.07, 6.45) is 0. The molecule has 0 atom stereocenters. The zero-order valence-corrected chi connectivity index (χ0v) is 6.58. The molecule has 0 heterocycles. The largest absolute Gasteiger partial charge is 0.386 e. The molecule has 0 aromatic rings. The molecule has 0 aromatic heterocycles. The van der Waals surface area contributed by atoms with Crippen molar-refractivity contribution in [1.29, 1.82) is 0 Å². The van der Waals surface area contributed by atoms with Gasteiger partial charge in [-0.3, -0.25) is 0 Å². The van der Waals surface area contributed by atoms with E-state index in [1.54, 1.807) is 0 Å². The normalized spacial score (nSPS) is 10.0. The first-order chi connectivity index (χ1) is 4.41. The summed E-state index contributed by atoms with van der Waals surface area (Å²) in [6.45, 7) is 0. The van der Waals surface area contributed by atoms with E-state index in [0.717, 1.165) is 0 Å². The maximum absolute atomic E-state index is 8.25. The van der Waals surface area contributed by atoms with Crippen LogP contribution in [-0.4, -0.2) is 34.0 Å². The highest BCUT2D eigenvalue weighted by Crippen LogP contribution is 2.01. The molecule has 0 aliphatic heterocycles. The molecular formula is C4H10O3S2. The third-order valence-electron chi connectivity index (χ3n) is 0.516. The van der Waals surface area contributed by atoms with Gasteiger partial charge in [-0.1, -0.05) is 0 Å². The van der Waals surface area contributed by atoms with E-state index in [-0.39, 0.29) is 11.9 Å². The third kappa shape index (κ3) is 8.58. The summed E-state index contributed by atoms with van der Waals surface area (Å²) < 4.78 is 4.92. The maximum atomic E-state index is 8.25. The number of hydrogen-bond acceptors (Lipinski definition) is 5. The lowest BCUT2D eigenvalue weighted by Gasteiger charge is -1.98.